The highest BCUT2D eigenvalue weighted by Crippen LogP contribution is 2.34. The molecule has 0 amide bonds. The highest BCUT2D eigenvalue weighted by atomic mass is 15.3. The molecule has 1 saturated heterocycles. The molecule has 2 aromatic rings. The van der Waals surface area contributed by atoms with E-state index in [9.17, 15) is 0 Å². The smallest absolute Gasteiger partial charge is 0.0676 e. The first kappa shape index (κ1) is 11.4. The van der Waals surface area contributed by atoms with Gasteiger partial charge in [0.05, 0.1) is 11.4 Å². The second-order valence-corrected chi connectivity index (χ2v) is 4.86. The Morgan fingerprint density at radius 3 is 3.00 bits per heavy atom. The minimum Gasteiger partial charge on any atom is -0.309 e. The second-order valence-electron chi connectivity index (χ2n) is 4.86. The summed E-state index contributed by atoms with van der Waals surface area (Å²) in [5.74, 6) is 0. The van der Waals surface area contributed by atoms with Gasteiger partial charge >= 0.3 is 0 Å². The predicted octanol–water partition coefficient (Wildman–Crippen LogP) is 2.22. The monoisotopic (exact) mass is 242 g/mol. The van der Waals surface area contributed by atoms with Gasteiger partial charge in [-0.15, -0.1) is 0 Å². The number of nitrogens with one attached hydrogen (secondary N) is 1. The molecule has 1 fully saturated rings. The summed E-state index contributed by atoms with van der Waals surface area (Å²) in [4.78, 5) is 4.22. The number of aryl methyl sites for hydroxylation is 2. The molecule has 0 aromatic carbocycles. The normalized spacial score (nSPS) is 19.3. The summed E-state index contributed by atoms with van der Waals surface area (Å²) >= 11 is 0. The molecule has 0 aliphatic carbocycles. The van der Waals surface area contributed by atoms with E-state index >= 15 is 0 Å². The Hall–Kier alpha value is -1.68. The molecule has 4 heteroatoms. The molecule has 0 bridgehead atoms. The summed E-state index contributed by atoms with van der Waals surface area (Å²) in [6.45, 7) is 3.17. The van der Waals surface area contributed by atoms with Crippen LogP contribution in [0.1, 0.15) is 30.3 Å². The lowest BCUT2D eigenvalue weighted by Gasteiger charge is -2.13. The van der Waals surface area contributed by atoms with Crippen molar-refractivity contribution in [2.75, 3.05) is 6.54 Å². The van der Waals surface area contributed by atoms with E-state index in [1.54, 1.807) is 0 Å². The molecule has 94 valence electrons. The van der Waals surface area contributed by atoms with Crippen molar-refractivity contribution in [2.24, 2.45) is 7.05 Å². The lowest BCUT2D eigenvalue weighted by Crippen LogP contribution is -2.17. The molecule has 1 aliphatic rings. The second kappa shape index (κ2) is 4.53. The molecule has 0 saturated carbocycles. The van der Waals surface area contributed by atoms with Crippen molar-refractivity contribution in [3.63, 3.8) is 0 Å². The lowest BCUT2D eigenvalue weighted by atomic mass is 10.00. The highest BCUT2D eigenvalue weighted by molar-refractivity contribution is 5.68. The van der Waals surface area contributed by atoms with E-state index in [1.807, 2.05) is 30.2 Å². The Morgan fingerprint density at radius 1 is 1.44 bits per heavy atom. The molecule has 18 heavy (non-hydrogen) atoms. The minimum atomic E-state index is 0.423. The average molecular weight is 242 g/mol. The summed E-state index contributed by atoms with van der Waals surface area (Å²) in [7, 11) is 2.03. The number of rotatable bonds is 2. The lowest BCUT2D eigenvalue weighted by molar-refractivity contribution is 0.574. The number of nitrogens with zero attached hydrogens (tertiary/aromatic N) is 3. The summed E-state index contributed by atoms with van der Waals surface area (Å²) in [6, 6.07) is 4.51. The molecule has 1 N–H and O–H groups in total. The molecule has 4 nitrogen and oxygen atoms in total. The molecule has 0 radical (unpaired) electrons. The van der Waals surface area contributed by atoms with E-state index in [2.05, 4.69) is 28.4 Å². The standard InChI is InChI=1S/C14H18N4/c1-10-13(11-5-3-7-15-9-11)14(18(2)17-10)12-6-4-8-16-12/h3,5,7,9,12,16H,4,6,8H2,1-2H3. The first-order chi connectivity index (χ1) is 8.77. The van der Waals surface area contributed by atoms with Gasteiger partial charge in [-0.2, -0.15) is 5.10 Å². The zero-order valence-corrected chi connectivity index (χ0v) is 10.8. The third kappa shape index (κ3) is 1.82. The van der Waals surface area contributed by atoms with Gasteiger partial charge in [-0.1, -0.05) is 6.07 Å². The van der Waals surface area contributed by atoms with Crippen molar-refractivity contribution in [3.05, 3.63) is 35.9 Å². The Balaban J connectivity index is 2.13. The molecule has 3 rings (SSSR count). The average Bonchev–Trinajstić information content (AvgIpc) is 2.97. The maximum absolute atomic E-state index is 4.58. The Kier molecular flexibility index (Phi) is 2.88. The molecule has 1 unspecified atom stereocenters. The summed E-state index contributed by atoms with van der Waals surface area (Å²) < 4.78 is 2.01. The van der Waals surface area contributed by atoms with Crippen molar-refractivity contribution >= 4 is 0 Å². The first-order valence-electron chi connectivity index (χ1n) is 6.44. The molecule has 2 aromatic heterocycles. The van der Waals surface area contributed by atoms with Crippen LogP contribution in [0.4, 0.5) is 0 Å². The van der Waals surface area contributed by atoms with Crippen LogP contribution in [0, 0.1) is 6.92 Å². The highest BCUT2D eigenvalue weighted by Gasteiger charge is 2.25. The number of pyridine rings is 1. The van der Waals surface area contributed by atoms with Gasteiger partial charge in [0, 0.05) is 36.6 Å². The van der Waals surface area contributed by atoms with E-state index < -0.39 is 0 Å². The maximum atomic E-state index is 4.58. The zero-order valence-electron chi connectivity index (χ0n) is 10.8. The quantitative estimate of drug-likeness (QED) is 0.878. The van der Waals surface area contributed by atoms with Gasteiger partial charge < -0.3 is 5.32 Å². The Bertz CT molecular complexity index is 538. The molecular weight excluding hydrogens is 224 g/mol. The Morgan fingerprint density at radius 2 is 2.33 bits per heavy atom. The van der Waals surface area contributed by atoms with Gasteiger partial charge in [-0.3, -0.25) is 9.67 Å². The van der Waals surface area contributed by atoms with Crippen molar-refractivity contribution in [3.8, 4) is 11.1 Å². The Labute approximate surface area is 107 Å². The van der Waals surface area contributed by atoms with Crippen LogP contribution in [-0.4, -0.2) is 21.3 Å². The van der Waals surface area contributed by atoms with E-state index in [1.165, 1.54) is 24.1 Å². The van der Waals surface area contributed by atoms with Gasteiger partial charge in [0.1, 0.15) is 0 Å². The van der Waals surface area contributed by atoms with Crippen molar-refractivity contribution in [2.45, 2.75) is 25.8 Å². The van der Waals surface area contributed by atoms with Gasteiger partial charge in [-0.25, -0.2) is 0 Å². The fourth-order valence-electron chi connectivity index (χ4n) is 2.86. The molecule has 0 spiro atoms. The summed E-state index contributed by atoms with van der Waals surface area (Å²) in [6.07, 6.45) is 6.15. The van der Waals surface area contributed by atoms with E-state index in [4.69, 9.17) is 0 Å². The van der Waals surface area contributed by atoms with Crippen LogP contribution in [0.3, 0.4) is 0 Å². The van der Waals surface area contributed by atoms with E-state index in [0.29, 0.717) is 6.04 Å². The predicted molar refractivity (Wildman–Crippen MR) is 71.2 cm³/mol. The first-order valence-corrected chi connectivity index (χ1v) is 6.44. The maximum Gasteiger partial charge on any atom is 0.0676 e. The third-order valence-corrected chi connectivity index (χ3v) is 3.61. The van der Waals surface area contributed by atoms with E-state index in [-0.39, 0.29) is 0 Å². The van der Waals surface area contributed by atoms with Crippen LogP contribution in [-0.2, 0) is 7.05 Å². The largest absolute Gasteiger partial charge is 0.309 e. The molecule has 1 aliphatic heterocycles. The summed E-state index contributed by atoms with van der Waals surface area (Å²) in [5.41, 5.74) is 4.77. The van der Waals surface area contributed by atoms with Crippen molar-refractivity contribution in [1.82, 2.24) is 20.1 Å². The fraction of sp³-hybridized carbons (Fsp3) is 0.429. The van der Waals surface area contributed by atoms with Crippen LogP contribution in [0.2, 0.25) is 0 Å². The van der Waals surface area contributed by atoms with Gasteiger partial charge in [0.15, 0.2) is 0 Å². The van der Waals surface area contributed by atoms with Crippen molar-refractivity contribution < 1.29 is 0 Å². The van der Waals surface area contributed by atoms with Gasteiger partial charge in [0.25, 0.3) is 0 Å². The SMILES string of the molecule is Cc1nn(C)c(C2CCCN2)c1-c1cccnc1. The number of aromatic nitrogens is 3. The van der Waals surface area contributed by atoms with Crippen LogP contribution >= 0.6 is 0 Å². The van der Waals surface area contributed by atoms with Crippen LogP contribution in [0.25, 0.3) is 11.1 Å². The third-order valence-electron chi connectivity index (χ3n) is 3.61. The zero-order chi connectivity index (χ0) is 12.5. The summed E-state index contributed by atoms with van der Waals surface area (Å²) in [5, 5.41) is 8.14. The number of hydrogen-bond acceptors (Lipinski definition) is 3. The van der Waals surface area contributed by atoms with Crippen LogP contribution < -0.4 is 5.32 Å². The van der Waals surface area contributed by atoms with Crippen LogP contribution in [0.15, 0.2) is 24.5 Å². The van der Waals surface area contributed by atoms with Crippen LogP contribution in [0.5, 0.6) is 0 Å². The molecular formula is C14H18N4. The van der Waals surface area contributed by atoms with Gasteiger partial charge in [-0.05, 0) is 32.4 Å². The van der Waals surface area contributed by atoms with Crippen molar-refractivity contribution in [1.29, 1.82) is 0 Å². The molecule has 1 atom stereocenters. The van der Waals surface area contributed by atoms with Gasteiger partial charge in [0.2, 0.25) is 0 Å². The molecule has 3 heterocycles. The van der Waals surface area contributed by atoms with E-state index in [0.717, 1.165) is 17.8 Å². The minimum absolute atomic E-state index is 0.423. The fourth-order valence-corrected chi connectivity index (χ4v) is 2.86. The topological polar surface area (TPSA) is 42.7 Å². The number of hydrogen-bond donors (Lipinski definition) is 1.